The van der Waals surface area contributed by atoms with Crippen LogP contribution >= 0.6 is 11.8 Å². The molecule has 1 aromatic rings. The highest BCUT2D eigenvalue weighted by molar-refractivity contribution is 8.17. The van der Waals surface area contributed by atoms with E-state index >= 15 is 0 Å². The molecule has 0 unspecified atom stereocenters. The number of allylic oxidation sites excluding steroid dienone is 1. The molecule has 0 aromatic heterocycles. The number of thioether (sulfide) groups is 1. The van der Waals surface area contributed by atoms with E-state index in [0.717, 1.165) is 11.8 Å². The monoisotopic (exact) mass is 259 g/mol. The second kappa shape index (κ2) is 4.81. The van der Waals surface area contributed by atoms with E-state index in [-0.39, 0.29) is 21.8 Å². The zero-order chi connectivity index (χ0) is 13.1. The number of nitrogens with two attached hydrogens (primary N) is 1. The van der Waals surface area contributed by atoms with Crippen LogP contribution in [-0.2, 0) is 0 Å². The number of hydrogen-bond donors (Lipinski definition) is 4. The average molecular weight is 259 g/mol. The molecule has 1 heterocycles. The highest BCUT2D eigenvalue weighted by Crippen LogP contribution is 2.25. The van der Waals surface area contributed by atoms with Gasteiger partial charge < -0.3 is 16.4 Å². The Kier molecular flexibility index (Phi) is 3.21. The molecule has 0 fully saturated rings. The summed E-state index contributed by atoms with van der Waals surface area (Å²) in [6, 6.07) is 8.85. The Morgan fingerprint density at radius 3 is 2.78 bits per heavy atom. The Morgan fingerprint density at radius 1 is 1.39 bits per heavy atom. The van der Waals surface area contributed by atoms with Crippen LogP contribution in [0.15, 0.2) is 35.0 Å². The molecule has 0 bridgehead atoms. The number of hydrogen-bond acceptors (Lipinski definition) is 5. The van der Waals surface area contributed by atoms with Crippen molar-refractivity contribution in [2.24, 2.45) is 5.73 Å². The molecule has 90 valence electrons. The van der Waals surface area contributed by atoms with Gasteiger partial charge in [0.1, 0.15) is 16.8 Å². The van der Waals surface area contributed by atoms with Crippen molar-refractivity contribution >= 4 is 28.5 Å². The van der Waals surface area contributed by atoms with E-state index in [4.69, 9.17) is 16.4 Å². The predicted molar refractivity (Wildman–Crippen MR) is 69.7 cm³/mol. The summed E-state index contributed by atoms with van der Waals surface area (Å²) in [6.07, 6.45) is 0. The van der Waals surface area contributed by atoms with Crippen LogP contribution in [0.2, 0.25) is 0 Å². The van der Waals surface area contributed by atoms with Crippen molar-refractivity contribution in [3.8, 4) is 6.07 Å². The summed E-state index contributed by atoms with van der Waals surface area (Å²) >= 11 is 0.785. The fourth-order valence-corrected chi connectivity index (χ4v) is 1.96. The van der Waals surface area contributed by atoms with Crippen LogP contribution in [0.4, 0.5) is 5.69 Å². The molecular formula is C11H9N5OS. The van der Waals surface area contributed by atoms with Crippen LogP contribution in [0, 0.1) is 16.7 Å². The Labute approximate surface area is 107 Å². The first-order valence-electron chi connectivity index (χ1n) is 4.95. The molecule has 5 N–H and O–H groups in total. The van der Waals surface area contributed by atoms with E-state index in [0.29, 0.717) is 11.3 Å². The standard InChI is InChI=1S/C11H9N5OS/c12-5-8(18-11(13)14)9-15-7-4-2-1-3-6(7)10(17)16-9/h1-4,15H,(H3,13,14)(H,16,17)/b9-8-. The molecule has 7 heteroatoms. The minimum Gasteiger partial charge on any atom is -0.378 e. The van der Waals surface area contributed by atoms with Gasteiger partial charge >= 0.3 is 0 Å². The van der Waals surface area contributed by atoms with Gasteiger partial charge in [0.25, 0.3) is 5.91 Å². The smallest absolute Gasteiger partial charge is 0.258 e. The number of anilines is 1. The molecule has 0 aliphatic carbocycles. The van der Waals surface area contributed by atoms with Crippen molar-refractivity contribution < 1.29 is 4.79 Å². The summed E-state index contributed by atoms with van der Waals surface area (Å²) in [5.41, 5.74) is 6.35. The van der Waals surface area contributed by atoms with E-state index in [1.54, 1.807) is 24.3 Å². The number of nitrogens with zero attached hydrogens (tertiary/aromatic N) is 1. The van der Waals surface area contributed by atoms with Crippen molar-refractivity contribution in [2.75, 3.05) is 5.32 Å². The van der Waals surface area contributed by atoms with E-state index in [9.17, 15) is 4.79 Å². The molecule has 1 aliphatic rings. The molecule has 2 rings (SSSR count). The average Bonchev–Trinajstić information content (AvgIpc) is 2.35. The van der Waals surface area contributed by atoms with Crippen LogP contribution in [0.5, 0.6) is 0 Å². The molecule has 18 heavy (non-hydrogen) atoms. The van der Waals surface area contributed by atoms with Crippen LogP contribution in [0.1, 0.15) is 10.4 Å². The number of amidine groups is 1. The number of benzene rings is 1. The third-order valence-electron chi connectivity index (χ3n) is 2.21. The summed E-state index contributed by atoms with van der Waals surface area (Å²) in [5.74, 6) is -0.0438. The zero-order valence-electron chi connectivity index (χ0n) is 9.15. The topological polar surface area (TPSA) is 115 Å². The van der Waals surface area contributed by atoms with Gasteiger partial charge in [-0.25, -0.2) is 0 Å². The maximum atomic E-state index is 11.8. The second-order valence-electron chi connectivity index (χ2n) is 3.41. The fourth-order valence-electron chi connectivity index (χ4n) is 1.49. The Morgan fingerprint density at radius 2 is 2.11 bits per heavy atom. The molecular weight excluding hydrogens is 250 g/mol. The largest absolute Gasteiger partial charge is 0.378 e. The number of amides is 1. The van der Waals surface area contributed by atoms with E-state index in [1.165, 1.54) is 0 Å². The van der Waals surface area contributed by atoms with Gasteiger partial charge in [0, 0.05) is 0 Å². The van der Waals surface area contributed by atoms with Gasteiger partial charge in [0.15, 0.2) is 5.17 Å². The third kappa shape index (κ3) is 2.28. The first-order chi connectivity index (χ1) is 8.61. The maximum Gasteiger partial charge on any atom is 0.258 e. The highest BCUT2D eigenvalue weighted by Gasteiger charge is 2.22. The molecule has 0 spiro atoms. The minimum atomic E-state index is -0.295. The maximum absolute atomic E-state index is 11.8. The molecule has 0 saturated carbocycles. The first-order valence-corrected chi connectivity index (χ1v) is 5.77. The SMILES string of the molecule is N#C/C(SC(=N)N)=C1/NC(=O)c2ccccc2N1. The minimum absolute atomic E-state index is 0.144. The summed E-state index contributed by atoms with van der Waals surface area (Å²) in [4.78, 5) is 12.0. The summed E-state index contributed by atoms with van der Waals surface area (Å²) in [6.45, 7) is 0. The Bertz CT molecular complexity index is 602. The number of nitrogens with one attached hydrogen (secondary N) is 3. The molecule has 6 nitrogen and oxygen atoms in total. The third-order valence-corrected chi connectivity index (χ3v) is 2.93. The second-order valence-corrected chi connectivity index (χ2v) is 4.46. The van der Waals surface area contributed by atoms with Crippen molar-refractivity contribution in [1.82, 2.24) is 5.32 Å². The lowest BCUT2D eigenvalue weighted by Gasteiger charge is -2.21. The number of carbonyl (C=O) groups excluding carboxylic acids is 1. The Balaban J connectivity index is 2.41. The van der Waals surface area contributed by atoms with Gasteiger partial charge in [-0.2, -0.15) is 5.26 Å². The van der Waals surface area contributed by atoms with Crippen molar-refractivity contribution in [2.45, 2.75) is 0 Å². The zero-order valence-corrected chi connectivity index (χ0v) is 9.97. The van der Waals surface area contributed by atoms with Gasteiger partial charge in [0.05, 0.1) is 11.3 Å². The molecule has 1 amide bonds. The van der Waals surface area contributed by atoms with E-state index in [1.807, 2.05) is 6.07 Å². The fraction of sp³-hybridized carbons (Fsp3) is 0. The van der Waals surface area contributed by atoms with Gasteiger partial charge in [-0.15, -0.1) is 0 Å². The van der Waals surface area contributed by atoms with Gasteiger partial charge in [0.2, 0.25) is 0 Å². The molecule has 1 aromatic carbocycles. The lowest BCUT2D eigenvalue weighted by Crippen LogP contribution is -2.33. The molecule has 0 radical (unpaired) electrons. The van der Waals surface area contributed by atoms with Gasteiger partial charge in [-0.05, 0) is 23.9 Å². The lowest BCUT2D eigenvalue weighted by atomic mass is 10.1. The van der Waals surface area contributed by atoms with E-state index in [2.05, 4.69) is 10.6 Å². The summed E-state index contributed by atoms with van der Waals surface area (Å²) in [5, 5.41) is 21.4. The number of para-hydroxylation sites is 1. The number of carbonyl (C=O) groups is 1. The van der Waals surface area contributed by atoms with Crippen LogP contribution < -0.4 is 16.4 Å². The van der Waals surface area contributed by atoms with Gasteiger partial charge in [-0.3, -0.25) is 10.2 Å². The number of fused-ring (bicyclic) bond motifs is 1. The first kappa shape index (κ1) is 12.0. The highest BCUT2D eigenvalue weighted by atomic mass is 32.2. The van der Waals surface area contributed by atoms with Gasteiger partial charge in [-0.1, -0.05) is 12.1 Å². The summed E-state index contributed by atoms with van der Waals surface area (Å²) in [7, 11) is 0. The number of rotatable bonds is 1. The number of nitriles is 1. The Hall–Kier alpha value is -2.46. The quantitative estimate of drug-likeness (QED) is 0.343. The molecule has 0 saturated heterocycles. The lowest BCUT2D eigenvalue weighted by molar-refractivity contribution is 0.0964. The normalized spacial score (nSPS) is 15.8. The van der Waals surface area contributed by atoms with E-state index < -0.39 is 0 Å². The molecule has 1 aliphatic heterocycles. The van der Waals surface area contributed by atoms with Crippen molar-refractivity contribution in [3.05, 3.63) is 40.6 Å². The summed E-state index contributed by atoms with van der Waals surface area (Å²) < 4.78 is 0. The van der Waals surface area contributed by atoms with Crippen LogP contribution in [0.25, 0.3) is 0 Å². The van der Waals surface area contributed by atoms with Crippen LogP contribution in [0.3, 0.4) is 0 Å². The van der Waals surface area contributed by atoms with Crippen molar-refractivity contribution in [3.63, 3.8) is 0 Å². The molecule has 0 atom stereocenters. The van der Waals surface area contributed by atoms with Crippen LogP contribution in [-0.4, -0.2) is 11.1 Å². The predicted octanol–water partition coefficient (Wildman–Crippen LogP) is 1.16. The van der Waals surface area contributed by atoms with Crippen molar-refractivity contribution in [1.29, 1.82) is 10.7 Å².